The molecule has 0 bridgehead atoms. The fraction of sp³-hybridized carbons (Fsp3) is 0.0769. The van der Waals surface area contributed by atoms with E-state index in [1.54, 1.807) is 19.2 Å². The summed E-state index contributed by atoms with van der Waals surface area (Å²) in [6, 6.07) is 8.68. The molecule has 0 aliphatic carbocycles. The van der Waals surface area contributed by atoms with Crippen LogP contribution in [0.25, 0.3) is 0 Å². The fourth-order valence-corrected chi connectivity index (χ4v) is 1.79. The summed E-state index contributed by atoms with van der Waals surface area (Å²) >= 11 is 5.60. The molecule has 20 heavy (non-hydrogen) atoms. The molecule has 0 amide bonds. The van der Waals surface area contributed by atoms with Gasteiger partial charge in [0.15, 0.2) is 0 Å². The first-order valence-electron chi connectivity index (χ1n) is 5.69. The average molecular weight is 296 g/mol. The number of nitro groups is 1. The van der Waals surface area contributed by atoms with Crippen molar-refractivity contribution in [2.75, 3.05) is 17.7 Å². The largest absolute Gasteiger partial charge is 0.388 e. The highest BCUT2D eigenvalue weighted by molar-refractivity contribution is 6.30. The van der Waals surface area contributed by atoms with Crippen LogP contribution in [0.1, 0.15) is 0 Å². The van der Waals surface area contributed by atoms with Crippen LogP contribution in [0, 0.1) is 15.9 Å². The van der Waals surface area contributed by atoms with E-state index in [1.807, 2.05) is 0 Å². The Balaban J connectivity index is 2.34. The zero-order valence-corrected chi connectivity index (χ0v) is 11.2. The predicted molar refractivity (Wildman–Crippen MR) is 77.3 cm³/mol. The zero-order chi connectivity index (χ0) is 14.7. The molecule has 0 heterocycles. The van der Waals surface area contributed by atoms with E-state index >= 15 is 0 Å². The fourth-order valence-electron chi connectivity index (χ4n) is 1.67. The summed E-state index contributed by atoms with van der Waals surface area (Å²) in [7, 11) is 1.66. The van der Waals surface area contributed by atoms with Crippen molar-refractivity contribution in [3.05, 3.63) is 57.4 Å². The molecular formula is C13H11ClFN3O2. The molecule has 5 nitrogen and oxygen atoms in total. The first-order valence-corrected chi connectivity index (χ1v) is 6.06. The summed E-state index contributed by atoms with van der Waals surface area (Å²) in [4.78, 5) is 10.4. The highest BCUT2D eigenvalue weighted by atomic mass is 35.5. The highest BCUT2D eigenvalue weighted by Crippen LogP contribution is 2.27. The van der Waals surface area contributed by atoms with E-state index in [0.717, 1.165) is 0 Å². The number of halogens is 2. The van der Waals surface area contributed by atoms with E-state index < -0.39 is 10.7 Å². The van der Waals surface area contributed by atoms with Gasteiger partial charge in [-0.05, 0) is 24.3 Å². The minimum atomic E-state index is -0.559. The van der Waals surface area contributed by atoms with Crippen LogP contribution in [0.5, 0.6) is 0 Å². The molecule has 0 unspecified atom stereocenters. The van der Waals surface area contributed by atoms with Crippen molar-refractivity contribution in [2.45, 2.75) is 0 Å². The number of nitro benzene ring substituents is 1. The van der Waals surface area contributed by atoms with E-state index in [9.17, 15) is 14.5 Å². The topological polar surface area (TPSA) is 67.2 Å². The van der Waals surface area contributed by atoms with Crippen LogP contribution < -0.4 is 10.6 Å². The number of anilines is 3. The number of rotatable bonds is 4. The third-order valence-electron chi connectivity index (χ3n) is 2.63. The van der Waals surface area contributed by atoms with Crippen molar-refractivity contribution in [3.8, 4) is 0 Å². The van der Waals surface area contributed by atoms with Gasteiger partial charge in [0.2, 0.25) is 0 Å². The minimum absolute atomic E-state index is 0.0190. The summed E-state index contributed by atoms with van der Waals surface area (Å²) in [5, 5.41) is 16.6. The average Bonchev–Trinajstić information content (AvgIpc) is 2.42. The normalized spacial score (nSPS) is 10.2. The number of hydrogen-bond donors (Lipinski definition) is 2. The Labute approximate surface area is 119 Å². The van der Waals surface area contributed by atoms with Crippen LogP contribution in [0.15, 0.2) is 36.4 Å². The van der Waals surface area contributed by atoms with Crippen LogP contribution in [0.3, 0.4) is 0 Å². The van der Waals surface area contributed by atoms with Crippen LogP contribution in [0.4, 0.5) is 27.1 Å². The molecule has 2 rings (SSSR count). The Morgan fingerprint density at radius 3 is 2.45 bits per heavy atom. The molecule has 0 saturated heterocycles. The molecule has 2 N–H and O–H groups in total. The predicted octanol–water partition coefficient (Wildman–Crippen LogP) is 4.17. The van der Waals surface area contributed by atoms with Crippen molar-refractivity contribution >= 4 is 34.4 Å². The van der Waals surface area contributed by atoms with E-state index in [1.165, 1.54) is 24.3 Å². The Hall–Kier alpha value is -2.34. The molecule has 104 valence electrons. The van der Waals surface area contributed by atoms with Gasteiger partial charge in [0.25, 0.3) is 5.69 Å². The van der Waals surface area contributed by atoms with E-state index in [4.69, 9.17) is 11.6 Å². The zero-order valence-electron chi connectivity index (χ0n) is 10.5. The summed E-state index contributed by atoms with van der Waals surface area (Å²) in [6.45, 7) is 0. The number of non-ortho nitro benzene ring substituents is 1. The molecule has 2 aromatic rings. The first kappa shape index (κ1) is 14.1. The Morgan fingerprint density at radius 2 is 1.85 bits per heavy atom. The van der Waals surface area contributed by atoms with Gasteiger partial charge < -0.3 is 10.6 Å². The van der Waals surface area contributed by atoms with Crippen LogP contribution in [0.2, 0.25) is 5.02 Å². The number of nitrogens with one attached hydrogen (secondary N) is 2. The molecular weight excluding hydrogens is 285 g/mol. The highest BCUT2D eigenvalue weighted by Gasteiger charge is 2.10. The minimum Gasteiger partial charge on any atom is -0.388 e. The van der Waals surface area contributed by atoms with E-state index in [0.29, 0.717) is 17.1 Å². The lowest BCUT2D eigenvalue weighted by Crippen LogP contribution is -1.97. The molecule has 0 atom stereocenters. The van der Waals surface area contributed by atoms with Crippen molar-refractivity contribution in [1.29, 1.82) is 0 Å². The van der Waals surface area contributed by atoms with Crippen molar-refractivity contribution in [3.63, 3.8) is 0 Å². The third kappa shape index (κ3) is 3.16. The van der Waals surface area contributed by atoms with Gasteiger partial charge in [0.05, 0.1) is 9.95 Å². The number of nitrogens with zero attached hydrogens (tertiary/aromatic N) is 1. The molecule has 0 aliphatic heterocycles. The smallest absolute Gasteiger partial charge is 0.273 e. The Kier molecular flexibility index (Phi) is 4.05. The Bertz CT molecular complexity index is 664. The lowest BCUT2D eigenvalue weighted by atomic mass is 10.2. The van der Waals surface area contributed by atoms with Crippen molar-refractivity contribution < 1.29 is 9.31 Å². The van der Waals surface area contributed by atoms with Gasteiger partial charge in [-0.2, -0.15) is 0 Å². The third-order valence-corrected chi connectivity index (χ3v) is 2.93. The second-order valence-electron chi connectivity index (χ2n) is 4.03. The van der Waals surface area contributed by atoms with Crippen molar-refractivity contribution in [1.82, 2.24) is 0 Å². The second-order valence-corrected chi connectivity index (χ2v) is 4.44. The number of benzene rings is 2. The standard InChI is InChI=1S/C13H11ClFN3O2/c1-16-9-4-10(6-11(5-9)18(19)20)17-8-2-3-12(14)13(15)7-8/h2-7,16-17H,1H3. The molecule has 0 saturated carbocycles. The maximum absolute atomic E-state index is 13.3. The molecule has 7 heteroatoms. The second kappa shape index (κ2) is 5.75. The van der Waals surface area contributed by atoms with E-state index in [2.05, 4.69) is 10.6 Å². The molecule has 0 radical (unpaired) electrons. The van der Waals surface area contributed by atoms with Gasteiger partial charge >= 0.3 is 0 Å². The van der Waals surface area contributed by atoms with Crippen molar-refractivity contribution in [2.24, 2.45) is 0 Å². The first-order chi connectivity index (χ1) is 9.49. The van der Waals surface area contributed by atoms with E-state index in [-0.39, 0.29) is 10.7 Å². The Morgan fingerprint density at radius 1 is 1.15 bits per heavy atom. The van der Waals surface area contributed by atoms with Gasteiger partial charge in [-0.15, -0.1) is 0 Å². The van der Waals surface area contributed by atoms with Gasteiger partial charge in [-0.3, -0.25) is 10.1 Å². The van der Waals surface area contributed by atoms with Crippen LogP contribution in [-0.4, -0.2) is 12.0 Å². The van der Waals surface area contributed by atoms with Gasteiger partial charge in [-0.25, -0.2) is 4.39 Å². The molecule has 0 fully saturated rings. The molecule has 0 spiro atoms. The lowest BCUT2D eigenvalue weighted by Gasteiger charge is -2.09. The quantitative estimate of drug-likeness (QED) is 0.656. The summed E-state index contributed by atoms with van der Waals surface area (Å²) in [5.41, 5.74) is 1.45. The maximum atomic E-state index is 13.3. The van der Waals surface area contributed by atoms with Gasteiger partial charge in [0.1, 0.15) is 5.82 Å². The summed E-state index contributed by atoms with van der Waals surface area (Å²) in [6.07, 6.45) is 0. The summed E-state index contributed by atoms with van der Waals surface area (Å²) in [5.74, 6) is -0.559. The molecule has 2 aromatic carbocycles. The molecule has 0 aliphatic rings. The lowest BCUT2D eigenvalue weighted by molar-refractivity contribution is -0.384. The van der Waals surface area contributed by atoms with Crippen LogP contribution in [-0.2, 0) is 0 Å². The monoisotopic (exact) mass is 295 g/mol. The SMILES string of the molecule is CNc1cc(Nc2ccc(Cl)c(F)c2)cc([N+](=O)[O-])c1. The van der Waals surface area contributed by atoms with Gasteiger partial charge in [0, 0.05) is 36.2 Å². The molecule has 0 aromatic heterocycles. The van der Waals surface area contributed by atoms with Gasteiger partial charge in [-0.1, -0.05) is 11.6 Å². The summed E-state index contributed by atoms with van der Waals surface area (Å²) < 4.78 is 13.3. The van der Waals surface area contributed by atoms with Crippen LogP contribution >= 0.6 is 11.6 Å². The maximum Gasteiger partial charge on any atom is 0.273 e. The number of hydrogen-bond acceptors (Lipinski definition) is 4.